The van der Waals surface area contributed by atoms with Crippen LogP contribution in [0, 0.1) is 5.41 Å². The standard InChI is InChI=1S/C14H19F3N2O2S/c1-13(6-2-3-7-13)9-19-10-4-5-12(22(18,20)21)11(8-10)14(15,16)17/h4-5,8,19H,2-3,6-7,9H2,1H3,(H2,18,20,21). The van der Waals surface area contributed by atoms with Gasteiger partial charge in [0.05, 0.1) is 10.5 Å². The zero-order valence-electron chi connectivity index (χ0n) is 12.2. The molecule has 4 nitrogen and oxygen atoms in total. The van der Waals surface area contributed by atoms with E-state index in [0.717, 1.165) is 37.8 Å². The minimum absolute atomic E-state index is 0.0665. The maximum absolute atomic E-state index is 13.0. The van der Waals surface area contributed by atoms with Gasteiger partial charge in [0.2, 0.25) is 10.0 Å². The second-order valence-electron chi connectivity index (χ2n) is 6.13. The first-order valence-corrected chi connectivity index (χ1v) is 8.54. The fourth-order valence-corrected chi connectivity index (χ4v) is 3.57. The Hall–Kier alpha value is -1.28. The van der Waals surface area contributed by atoms with Crippen LogP contribution in [0.2, 0.25) is 0 Å². The molecule has 1 aromatic rings. The average Bonchev–Trinajstić information content (AvgIpc) is 2.81. The van der Waals surface area contributed by atoms with Crippen molar-refractivity contribution in [3.05, 3.63) is 23.8 Å². The molecule has 0 saturated heterocycles. The van der Waals surface area contributed by atoms with E-state index in [2.05, 4.69) is 12.2 Å². The summed E-state index contributed by atoms with van der Waals surface area (Å²) in [5.74, 6) is 0. The van der Waals surface area contributed by atoms with Gasteiger partial charge < -0.3 is 5.32 Å². The number of benzene rings is 1. The lowest BCUT2D eigenvalue weighted by Gasteiger charge is -2.25. The molecule has 0 amide bonds. The monoisotopic (exact) mass is 336 g/mol. The highest BCUT2D eigenvalue weighted by molar-refractivity contribution is 7.89. The average molecular weight is 336 g/mol. The van der Waals surface area contributed by atoms with Crippen LogP contribution in [0.1, 0.15) is 38.2 Å². The molecule has 124 valence electrons. The van der Waals surface area contributed by atoms with E-state index in [9.17, 15) is 21.6 Å². The van der Waals surface area contributed by atoms with Crippen molar-refractivity contribution < 1.29 is 21.6 Å². The van der Waals surface area contributed by atoms with E-state index < -0.39 is 26.7 Å². The summed E-state index contributed by atoms with van der Waals surface area (Å²) in [5.41, 5.74) is -0.929. The van der Waals surface area contributed by atoms with Gasteiger partial charge in [0.15, 0.2) is 0 Å². The third-order valence-electron chi connectivity index (χ3n) is 4.12. The van der Waals surface area contributed by atoms with Crippen molar-refractivity contribution in [2.24, 2.45) is 10.6 Å². The van der Waals surface area contributed by atoms with Gasteiger partial charge >= 0.3 is 6.18 Å². The van der Waals surface area contributed by atoms with Crippen molar-refractivity contribution in [1.29, 1.82) is 0 Å². The largest absolute Gasteiger partial charge is 0.417 e. The van der Waals surface area contributed by atoms with E-state index in [0.29, 0.717) is 6.54 Å². The lowest BCUT2D eigenvalue weighted by atomic mass is 9.89. The van der Waals surface area contributed by atoms with Crippen LogP contribution in [0.15, 0.2) is 23.1 Å². The summed E-state index contributed by atoms with van der Waals surface area (Å²) in [4.78, 5) is -0.905. The first-order valence-electron chi connectivity index (χ1n) is 6.99. The first kappa shape index (κ1) is 17.1. The van der Waals surface area contributed by atoms with Crippen LogP contribution < -0.4 is 10.5 Å². The van der Waals surface area contributed by atoms with E-state index >= 15 is 0 Å². The van der Waals surface area contributed by atoms with E-state index in [1.165, 1.54) is 6.07 Å². The Balaban J connectivity index is 2.27. The lowest BCUT2D eigenvalue weighted by Crippen LogP contribution is -2.24. The Kier molecular flexibility index (Phi) is 4.45. The fourth-order valence-electron chi connectivity index (χ4n) is 2.83. The van der Waals surface area contributed by atoms with E-state index in [1.54, 1.807) is 0 Å². The van der Waals surface area contributed by atoms with Gasteiger partial charge in [0, 0.05) is 12.2 Å². The molecule has 1 aromatic carbocycles. The van der Waals surface area contributed by atoms with Crippen molar-refractivity contribution in [3.63, 3.8) is 0 Å². The minimum atomic E-state index is -4.78. The SMILES string of the molecule is CC1(CNc2ccc(S(N)(=O)=O)c(C(F)(F)F)c2)CCCC1. The van der Waals surface area contributed by atoms with Gasteiger partial charge in [-0.1, -0.05) is 19.8 Å². The van der Waals surface area contributed by atoms with Gasteiger partial charge in [-0.25, -0.2) is 13.6 Å². The highest BCUT2D eigenvalue weighted by Gasteiger charge is 2.37. The molecule has 22 heavy (non-hydrogen) atoms. The van der Waals surface area contributed by atoms with Crippen molar-refractivity contribution >= 4 is 15.7 Å². The van der Waals surface area contributed by atoms with Crippen LogP contribution in [0.5, 0.6) is 0 Å². The lowest BCUT2D eigenvalue weighted by molar-refractivity contribution is -0.139. The second-order valence-corrected chi connectivity index (χ2v) is 7.65. The molecule has 1 aliphatic rings. The van der Waals surface area contributed by atoms with Crippen LogP contribution in [-0.2, 0) is 16.2 Å². The van der Waals surface area contributed by atoms with Crippen molar-refractivity contribution in [1.82, 2.24) is 0 Å². The van der Waals surface area contributed by atoms with Crippen molar-refractivity contribution in [2.45, 2.75) is 43.7 Å². The molecule has 1 aliphatic carbocycles. The topological polar surface area (TPSA) is 72.2 Å². The molecule has 1 fully saturated rings. The normalized spacial score (nSPS) is 18.4. The Morgan fingerprint density at radius 3 is 2.36 bits per heavy atom. The molecule has 0 heterocycles. The number of primary sulfonamides is 1. The third-order valence-corrected chi connectivity index (χ3v) is 5.09. The zero-order valence-corrected chi connectivity index (χ0v) is 13.0. The quantitative estimate of drug-likeness (QED) is 0.886. The van der Waals surface area contributed by atoms with Crippen LogP contribution in [-0.4, -0.2) is 15.0 Å². The molecule has 0 aliphatic heterocycles. The number of hydrogen-bond acceptors (Lipinski definition) is 3. The van der Waals surface area contributed by atoms with Crippen molar-refractivity contribution in [2.75, 3.05) is 11.9 Å². The molecule has 8 heteroatoms. The summed E-state index contributed by atoms with van der Waals surface area (Å²) in [6.45, 7) is 2.65. The molecule has 0 unspecified atom stereocenters. The number of sulfonamides is 1. The number of rotatable bonds is 4. The van der Waals surface area contributed by atoms with Gasteiger partial charge in [-0.15, -0.1) is 0 Å². The summed E-state index contributed by atoms with van der Waals surface area (Å²) in [5, 5.41) is 7.83. The predicted octanol–water partition coefficient (Wildman–Crippen LogP) is 3.35. The minimum Gasteiger partial charge on any atom is -0.384 e. The number of alkyl halides is 3. The third kappa shape index (κ3) is 3.92. The number of nitrogens with one attached hydrogen (secondary N) is 1. The molecule has 3 N–H and O–H groups in total. The number of nitrogens with two attached hydrogens (primary N) is 1. The van der Waals surface area contributed by atoms with E-state index in [1.807, 2.05) is 0 Å². The molecule has 2 rings (SSSR count). The molecule has 0 spiro atoms. The van der Waals surface area contributed by atoms with Crippen LogP contribution in [0.25, 0.3) is 0 Å². The highest BCUT2D eigenvalue weighted by Crippen LogP contribution is 2.39. The number of anilines is 1. The maximum Gasteiger partial charge on any atom is 0.417 e. The molecular weight excluding hydrogens is 317 g/mol. The van der Waals surface area contributed by atoms with Gasteiger partial charge in [-0.05, 0) is 36.5 Å². The molecule has 0 atom stereocenters. The van der Waals surface area contributed by atoms with Gasteiger partial charge in [-0.2, -0.15) is 13.2 Å². The summed E-state index contributed by atoms with van der Waals surface area (Å²) in [7, 11) is -4.42. The summed E-state index contributed by atoms with van der Waals surface area (Å²) < 4.78 is 61.7. The summed E-state index contributed by atoms with van der Waals surface area (Å²) in [6, 6.07) is 3.02. The van der Waals surface area contributed by atoms with Crippen LogP contribution >= 0.6 is 0 Å². The molecule has 0 bridgehead atoms. The van der Waals surface area contributed by atoms with Gasteiger partial charge in [0.25, 0.3) is 0 Å². The molecule has 1 saturated carbocycles. The van der Waals surface area contributed by atoms with Crippen molar-refractivity contribution in [3.8, 4) is 0 Å². The van der Waals surface area contributed by atoms with Crippen LogP contribution in [0.3, 0.4) is 0 Å². The molecular formula is C14H19F3N2O2S. The number of hydrogen-bond donors (Lipinski definition) is 2. The zero-order chi connectivity index (χ0) is 16.6. The maximum atomic E-state index is 13.0. The Morgan fingerprint density at radius 2 is 1.86 bits per heavy atom. The Morgan fingerprint density at radius 1 is 1.27 bits per heavy atom. The van der Waals surface area contributed by atoms with Gasteiger partial charge in [-0.3, -0.25) is 0 Å². The second kappa shape index (κ2) is 5.73. The summed E-state index contributed by atoms with van der Waals surface area (Å²) in [6.07, 6.45) is -0.480. The fraction of sp³-hybridized carbons (Fsp3) is 0.571. The highest BCUT2D eigenvalue weighted by atomic mass is 32.2. The predicted molar refractivity (Wildman–Crippen MR) is 77.9 cm³/mol. The Labute approximate surface area is 127 Å². The summed E-state index contributed by atoms with van der Waals surface area (Å²) >= 11 is 0. The molecule has 0 aromatic heterocycles. The van der Waals surface area contributed by atoms with E-state index in [4.69, 9.17) is 5.14 Å². The first-order chi connectivity index (χ1) is 10.0. The molecule has 0 radical (unpaired) electrons. The number of halogens is 3. The smallest absolute Gasteiger partial charge is 0.384 e. The Bertz CT molecular complexity index is 651. The van der Waals surface area contributed by atoms with E-state index in [-0.39, 0.29) is 11.1 Å². The van der Waals surface area contributed by atoms with Crippen LogP contribution in [0.4, 0.5) is 18.9 Å². The van der Waals surface area contributed by atoms with Gasteiger partial charge in [0.1, 0.15) is 0 Å².